The Balaban J connectivity index is 2.07. The van der Waals surface area contributed by atoms with Crippen LogP contribution in [0.1, 0.15) is 31.1 Å². The predicted molar refractivity (Wildman–Crippen MR) is 86.4 cm³/mol. The molecule has 2 heterocycles. The number of aromatic nitrogens is 1. The smallest absolute Gasteiger partial charge is 0.323 e. The fourth-order valence-corrected chi connectivity index (χ4v) is 3.35. The Labute approximate surface area is 130 Å². The molecule has 22 heavy (non-hydrogen) atoms. The lowest BCUT2D eigenvalue weighted by atomic mass is 9.92. The molecule has 1 aromatic heterocycles. The van der Waals surface area contributed by atoms with Gasteiger partial charge in [-0.15, -0.1) is 6.42 Å². The van der Waals surface area contributed by atoms with Crippen LogP contribution in [0.3, 0.4) is 0 Å². The second-order valence-electron chi connectivity index (χ2n) is 5.59. The highest BCUT2D eigenvalue weighted by atomic mass is 16.5. The number of nitrogens with zero attached hydrogens (tertiary/aromatic N) is 1. The molecule has 1 aliphatic rings. The molecule has 0 fully saturated rings. The van der Waals surface area contributed by atoms with Crippen molar-refractivity contribution in [3.63, 3.8) is 0 Å². The number of H-pyrrole nitrogens is 1. The van der Waals surface area contributed by atoms with Crippen molar-refractivity contribution in [1.29, 1.82) is 0 Å². The number of benzene rings is 1. The molecule has 114 valence electrons. The fraction of sp³-hybridized carbons (Fsp3) is 0.389. The summed E-state index contributed by atoms with van der Waals surface area (Å²) in [7, 11) is 0. The first kappa shape index (κ1) is 14.7. The largest absolute Gasteiger partial charge is 0.465 e. The average molecular weight is 296 g/mol. The van der Waals surface area contributed by atoms with Crippen LogP contribution in [-0.2, 0) is 16.0 Å². The number of terminal acetylenes is 1. The number of hydrogen-bond donors (Lipinski definition) is 1. The zero-order valence-corrected chi connectivity index (χ0v) is 12.9. The van der Waals surface area contributed by atoms with Crippen molar-refractivity contribution in [1.82, 2.24) is 9.88 Å². The van der Waals surface area contributed by atoms with E-state index in [0.29, 0.717) is 19.6 Å². The van der Waals surface area contributed by atoms with Gasteiger partial charge in [0.1, 0.15) is 6.04 Å². The number of ether oxygens (including phenoxy) is 1. The van der Waals surface area contributed by atoms with Crippen LogP contribution in [0.2, 0.25) is 0 Å². The highest BCUT2D eigenvalue weighted by Gasteiger charge is 2.38. The van der Waals surface area contributed by atoms with E-state index in [1.807, 2.05) is 24.0 Å². The van der Waals surface area contributed by atoms with E-state index in [9.17, 15) is 4.79 Å². The Bertz CT molecular complexity index is 741. The van der Waals surface area contributed by atoms with Crippen molar-refractivity contribution in [3.05, 3.63) is 35.5 Å². The van der Waals surface area contributed by atoms with Gasteiger partial charge in [-0.2, -0.15) is 0 Å². The predicted octanol–water partition coefficient (Wildman–Crippen LogP) is 2.65. The van der Waals surface area contributed by atoms with Gasteiger partial charge < -0.3 is 9.72 Å². The molecule has 2 aromatic rings. The van der Waals surface area contributed by atoms with E-state index in [2.05, 4.69) is 30.0 Å². The number of carbonyl (C=O) groups excluding carboxylic acids is 1. The Hall–Kier alpha value is -2.25. The van der Waals surface area contributed by atoms with Crippen molar-refractivity contribution < 1.29 is 9.53 Å². The average Bonchev–Trinajstić information content (AvgIpc) is 2.89. The van der Waals surface area contributed by atoms with Crippen LogP contribution in [0.4, 0.5) is 0 Å². The van der Waals surface area contributed by atoms with E-state index >= 15 is 0 Å². The molecule has 1 aromatic carbocycles. The third kappa shape index (κ3) is 2.28. The van der Waals surface area contributed by atoms with Crippen LogP contribution < -0.4 is 0 Å². The minimum absolute atomic E-state index is 0.0570. The molecule has 0 amide bonds. The Morgan fingerprint density at radius 2 is 2.27 bits per heavy atom. The number of hydrogen-bond acceptors (Lipinski definition) is 3. The van der Waals surface area contributed by atoms with Crippen LogP contribution in [0.15, 0.2) is 24.3 Å². The zero-order chi connectivity index (χ0) is 15.7. The van der Waals surface area contributed by atoms with Crippen LogP contribution >= 0.6 is 0 Å². The molecule has 1 aliphatic heterocycles. The first-order valence-corrected chi connectivity index (χ1v) is 7.62. The highest BCUT2D eigenvalue weighted by molar-refractivity contribution is 5.87. The molecule has 0 saturated heterocycles. The van der Waals surface area contributed by atoms with Gasteiger partial charge in [0.2, 0.25) is 0 Å². The summed E-state index contributed by atoms with van der Waals surface area (Å²) in [6.45, 7) is 4.72. The molecular weight excluding hydrogens is 276 g/mol. The van der Waals surface area contributed by atoms with Crippen molar-refractivity contribution in [2.24, 2.45) is 0 Å². The van der Waals surface area contributed by atoms with Gasteiger partial charge in [0.05, 0.1) is 13.2 Å². The topological polar surface area (TPSA) is 45.3 Å². The normalized spacial score (nSPS) is 21.3. The van der Waals surface area contributed by atoms with Crippen LogP contribution in [0.25, 0.3) is 10.9 Å². The molecule has 3 rings (SSSR count). The SMILES string of the molecule is C#CCN1C(C(=O)OCC)Cc2c([nH]c3ccccc23)[C@H]1C. The van der Waals surface area contributed by atoms with E-state index in [4.69, 9.17) is 11.2 Å². The van der Waals surface area contributed by atoms with E-state index in [-0.39, 0.29) is 18.1 Å². The summed E-state index contributed by atoms with van der Waals surface area (Å²) in [5, 5.41) is 1.18. The van der Waals surface area contributed by atoms with Gasteiger partial charge in [-0.25, -0.2) is 0 Å². The molecule has 2 atom stereocenters. The summed E-state index contributed by atoms with van der Waals surface area (Å²) in [5.41, 5.74) is 3.45. The van der Waals surface area contributed by atoms with Crippen LogP contribution in [0, 0.1) is 12.3 Å². The first-order valence-electron chi connectivity index (χ1n) is 7.62. The summed E-state index contributed by atoms with van der Waals surface area (Å²) in [6, 6.07) is 7.92. The number of fused-ring (bicyclic) bond motifs is 3. The summed E-state index contributed by atoms with van der Waals surface area (Å²) in [5.74, 6) is 2.47. The number of esters is 1. The van der Waals surface area contributed by atoms with Crippen LogP contribution in [-0.4, -0.2) is 35.0 Å². The fourth-order valence-electron chi connectivity index (χ4n) is 3.35. The molecule has 0 radical (unpaired) electrons. The van der Waals surface area contributed by atoms with E-state index in [0.717, 1.165) is 11.2 Å². The Morgan fingerprint density at radius 3 is 3.00 bits per heavy atom. The molecule has 4 heteroatoms. The van der Waals surface area contributed by atoms with Crippen molar-refractivity contribution in [2.75, 3.05) is 13.2 Å². The molecule has 0 spiro atoms. The minimum atomic E-state index is -0.322. The molecule has 0 aliphatic carbocycles. The van der Waals surface area contributed by atoms with E-state index < -0.39 is 0 Å². The standard InChI is InChI=1S/C18H20N2O2/c1-4-10-20-12(3)17-14(11-16(20)18(21)22-5-2)13-8-6-7-9-15(13)19-17/h1,6-9,12,16,19H,5,10-11H2,2-3H3/t12-,16?/m1/s1. The minimum Gasteiger partial charge on any atom is -0.465 e. The van der Waals surface area contributed by atoms with Crippen molar-refractivity contribution in [3.8, 4) is 12.3 Å². The third-order valence-electron chi connectivity index (χ3n) is 4.39. The van der Waals surface area contributed by atoms with Gasteiger partial charge in [-0.3, -0.25) is 9.69 Å². The number of carbonyl (C=O) groups is 1. The second-order valence-corrected chi connectivity index (χ2v) is 5.59. The Kier molecular flexibility index (Phi) is 3.91. The summed E-state index contributed by atoms with van der Waals surface area (Å²) >= 11 is 0. The lowest BCUT2D eigenvalue weighted by molar-refractivity contribution is -0.150. The molecule has 0 saturated carbocycles. The monoisotopic (exact) mass is 296 g/mol. The lowest BCUT2D eigenvalue weighted by Crippen LogP contribution is -2.48. The summed E-state index contributed by atoms with van der Waals surface area (Å²) in [6.07, 6.45) is 6.13. The lowest BCUT2D eigenvalue weighted by Gasteiger charge is -2.37. The maximum atomic E-state index is 12.4. The van der Waals surface area contributed by atoms with E-state index in [1.165, 1.54) is 10.9 Å². The molecule has 1 N–H and O–H groups in total. The summed E-state index contributed by atoms with van der Waals surface area (Å²) < 4.78 is 5.25. The maximum Gasteiger partial charge on any atom is 0.323 e. The quantitative estimate of drug-likeness (QED) is 0.699. The first-order chi connectivity index (χ1) is 10.7. The number of aromatic amines is 1. The molecule has 1 unspecified atom stereocenters. The zero-order valence-electron chi connectivity index (χ0n) is 12.9. The summed E-state index contributed by atoms with van der Waals surface area (Å²) in [4.78, 5) is 17.9. The third-order valence-corrected chi connectivity index (χ3v) is 4.39. The number of nitrogens with one attached hydrogen (secondary N) is 1. The molecule has 0 bridgehead atoms. The van der Waals surface area contributed by atoms with Gasteiger partial charge in [-0.05, 0) is 25.5 Å². The van der Waals surface area contributed by atoms with Crippen molar-refractivity contribution >= 4 is 16.9 Å². The molecular formula is C18H20N2O2. The molecule has 4 nitrogen and oxygen atoms in total. The number of para-hydroxylation sites is 1. The van der Waals surface area contributed by atoms with E-state index in [1.54, 1.807) is 0 Å². The maximum absolute atomic E-state index is 12.4. The van der Waals surface area contributed by atoms with Gasteiger partial charge in [0.15, 0.2) is 0 Å². The van der Waals surface area contributed by atoms with Gasteiger partial charge in [0, 0.05) is 29.1 Å². The Morgan fingerprint density at radius 1 is 1.50 bits per heavy atom. The van der Waals surface area contributed by atoms with Crippen LogP contribution in [0.5, 0.6) is 0 Å². The highest BCUT2D eigenvalue weighted by Crippen LogP contribution is 2.36. The van der Waals surface area contributed by atoms with Gasteiger partial charge in [-0.1, -0.05) is 24.1 Å². The van der Waals surface area contributed by atoms with Crippen molar-refractivity contribution in [2.45, 2.75) is 32.4 Å². The second kappa shape index (κ2) is 5.86. The van der Waals surface area contributed by atoms with Gasteiger partial charge in [0.25, 0.3) is 0 Å². The van der Waals surface area contributed by atoms with Gasteiger partial charge >= 0.3 is 5.97 Å². The number of rotatable bonds is 3.